The van der Waals surface area contributed by atoms with E-state index < -0.39 is 66.5 Å². The van der Waals surface area contributed by atoms with Crippen molar-refractivity contribution in [2.24, 2.45) is 0 Å². The normalized spacial score (nSPS) is 17.6. The fraction of sp³-hybridized carbons (Fsp3) is 0.345. The van der Waals surface area contributed by atoms with E-state index in [9.17, 15) is 35.9 Å². The van der Waals surface area contributed by atoms with Crippen LogP contribution in [0.25, 0.3) is 0 Å². The van der Waals surface area contributed by atoms with Crippen LogP contribution in [0.15, 0.2) is 66.9 Å². The lowest BCUT2D eigenvalue weighted by Gasteiger charge is -2.38. The Morgan fingerprint density at radius 1 is 1.16 bits per heavy atom. The molecule has 2 aromatic carbocycles. The Bertz CT molecular complexity index is 1520. The number of urea groups is 1. The Labute approximate surface area is 257 Å². The highest BCUT2D eigenvalue weighted by Gasteiger charge is 2.52. The van der Waals surface area contributed by atoms with Crippen LogP contribution < -0.4 is 10.1 Å². The highest BCUT2D eigenvalue weighted by atomic mass is 35.5. The number of carbonyl (C=O) groups is 2. The maximum absolute atomic E-state index is 15.0. The highest BCUT2D eigenvalue weighted by Crippen LogP contribution is 2.39. The SMILES string of the molecule is CON(C)C(=O)[C@@H]1CC(F)(F)CN1C(=O)N[C@@](Cc1ccccc1)(c1cc(F)cc(OC(F)(F)C(F)F)c1)c1ccc(Cl)cn1. The fourth-order valence-electron chi connectivity index (χ4n) is 4.93. The maximum Gasteiger partial charge on any atom is 0.461 e. The number of halogens is 8. The lowest BCUT2D eigenvalue weighted by molar-refractivity contribution is -0.253. The number of pyridine rings is 1. The van der Waals surface area contributed by atoms with Crippen LogP contribution in [-0.2, 0) is 21.6 Å². The number of nitrogens with zero attached hydrogens (tertiary/aromatic N) is 3. The molecule has 3 aromatic rings. The number of likely N-dealkylation sites (N-methyl/N-ethyl adjacent to an activating group) is 1. The van der Waals surface area contributed by atoms with Gasteiger partial charge in [-0.25, -0.2) is 23.0 Å². The fourth-order valence-corrected chi connectivity index (χ4v) is 5.04. The molecule has 1 N–H and O–H groups in total. The molecule has 1 saturated heterocycles. The molecule has 242 valence electrons. The Morgan fingerprint density at radius 2 is 1.84 bits per heavy atom. The van der Waals surface area contributed by atoms with E-state index in [2.05, 4.69) is 15.0 Å². The highest BCUT2D eigenvalue weighted by molar-refractivity contribution is 6.30. The molecule has 0 bridgehead atoms. The summed E-state index contributed by atoms with van der Waals surface area (Å²) in [5.41, 5.74) is -2.03. The van der Waals surface area contributed by atoms with Crippen LogP contribution in [0.3, 0.4) is 0 Å². The van der Waals surface area contributed by atoms with Crippen LogP contribution in [0, 0.1) is 5.82 Å². The summed E-state index contributed by atoms with van der Waals surface area (Å²) in [5, 5.41) is 3.37. The number of carbonyl (C=O) groups excluding carboxylic acids is 2. The average molecular weight is 663 g/mol. The molecule has 1 aliphatic rings. The van der Waals surface area contributed by atoms with E-state index in [1.807, 2.05) is 0 Å². The Morgan fingerprint density at radius 3 is 2.44 bits per heavy atom. The van der Waals surface area contributed by atoms with Gasteiger partial charge in [0.15, 0.2) is 0 Å². The summed E-state index contributed by atoms with van der Waals surface area (Å²) < 4.78 is 102. The number of amides is 3. The van der Waals surface area contributed by atoms with Gasteiger partial charge in [-0.15, -0.1) is 0 Å². The number of hydrogen-bond acceptors (Lipinski definition) is 5. The standard InChI is InChI=1S/C29H26ClF7N4O4/c1-40(44-2)24(42)22-14-27(34,35)16-41(22)26(43)39-28(13-17-6-4-3-5-7-17,23-9-8-19(30)15-38-23)18-10-20(31)12-21(11-18)45-29(36,37)25(32)33/h3-12,15,22,25H,13-14,16H2,1-2H3,(H,39,43)/t22-,28-/m0/s1. The zero-order valence-corrected chi connectivity index (χ0v) is 24.4. The molecule has 8 nitrogen and oxygen atoms in total. The summed E-state index contributed by atoms with van der Waals surface area (Å²) in [4.78, 5) is 36.5. The van der Waals surface area contributed by atoms with Crippen molar-refractivity contribution in [2.45, 2.75) is 42.9 Å². The lowest BCUT2D eigenvalue weighted by atomic mass is 9.80. The van der Waals surface area contributed by atoms with Crippen LogP contribution in [0.2, 0.25) is 5.02 Å². The van der Waals surface area contributed by atoms with Crippen LogP contribution in [0.1, 0.15) is 23.2 Å². The molecule has 2 heterocycles. The minimum absolute atomic E-state index is 0.0795. The number of hydrogen-bond donors (Lipinski definition) is 1. The van der Waals surface area contributed by atoms with Gasteiger partial charge in [-0.05, 0) is 35.4 Å². The number of ether oxygens (including phenoxy) is 1. The number of alkyl halides is 6. The van der Waals surface area contributed by atoms with Gasteiger partial charge in [0.25, 0.3) is 11.8 Å². The molecule has 0 spiro atoms. The monoisotopic (exact) mass is 662 g/mol. The molecule has 45 heavy (non-hydrogen) atoms. The predicted molar refractivity (Wildman–Crippen MR) is 147 cm³/mol. The molecular weight excluding hydrogens is 637 g/mol. The van der Waals surface area contributed by atoms with E-state index in [4.69, 9.17) is 16.4 Å². The van der Waals surface area contributed by atoms with Crippen molar-refractivity contribution in [2.75, 3.05) is 20.7 Å². The van der Waals surface area contributed by atoms with Crippen molar-refractivity contribution in [1.82, 2.24) is 20.3 Å². The first-order valence-electron chi connectivity index (χ1n) is 13.2. The molecule has 0 radical (unpaired) electrons. The van der Waals surface area contributed by atoms with Gasteiger partial charge >= 0.3 is 18.6 Å². The molecule has 0 saturated carbocycles. The van der Waals surface area contributed by atoms with E-state index in [1.54, 1.807) is 30.3 Å². The number of nitrogens with one attached hydrogen (secondary N) is 1. The molecule has 0 aliphatic carbocycles. The van der Waals surface area contributed by atoms with Crippen molar-refractivity contribution in [3.63, 3.8) is 0 Å². The molecule has 16 heteroatoms. The Hall–Kier alpha value is -4.11. The lowest BCUT2D eigenvalue weighted by Crippen LogP contribution is -2.57. The third-order valence-corrected chi connectivity index (χ3v) is 7.29. The smallest absolute Gasteiger partial charge is 0.428 e. The maximum atomic E-state index is 15.0. The van der Waals surface area contributed by atoms with Crippen LogP contribution in [0.4, 0.5) is 35.5 Å². The van der Waals surface area contributed by atoms with E-state index in [0.717, 1.165) is 32.5 Å². The predicted octanol–water partition coefficient (Wildman–Crippen LogP) is 6.04. The van der Waals surface area contributed by atoms with Crippen molar-refractivity contribution >= 4 is 23.5 Å². The third kappa shape index (κ3) is 7.59. The van der Waals surface area contributed by atoms with Gasteiger partial charge in [0.05, 0.1) is 24.4 Å². The third-order valence-electron chi connectivity index (χ3n) is 7.07. The molecule has 1 aliphatic heterocycles. The van der Waals surface area contributed by atoms with Crippen LogP contribution in [-0.4, -0.2) is 72.1 Å². The zero-order chi connectivity index (χ0) is 33.2. The van der Waals surface area contributed by atoms with Crippen molar-refractivity contribution in [3.05, 3.63) is 94.5 Å². The second-order valence-electron chi connectivity index (χ2n) is 10.2. The number of likely N-dealkylation sites (tertiary alicyclic amines) is 1. The summed E-state index contributed by atoms with van der Waals surface area (Å²) in [6, 6.07) is 9.86. The van der Waals surface area contributed by atoms with E-state index >= 15 is 4.39 Å². The Balaban J connectivity index is 1.91. The van der Waals surface area contributed by atoms with Crippen LogP contribution in [0.5, 0.6) is 5.75 Å². The Kier molecular flexibility index (Phi) is 9.82. The number of rotatable bonds is 10. The van der Waals surface area contributed by atoms with Gasteiger partial charge in [-0.1, -0.05) is 41.9 Å². The van der Waals surface area contributed by atoms with Crippen LogP contribution >= 0.6 is 11.6 Å². The summed E-state index contributed by atoms with van der Waals surface area (Å²) >= 11 is 6.03. The molecule has 3 amide bonds. The average Bonchev–Trinajstić information content (AvgIpc) is 3.31. The minimum atomic E-state index is -5.02. The summed E-state index contributed by atoms with van der Waals surface area (Å²) in [7, 11) is 2.28. The zero-order valence-electron chi connectivity index (χ0n) is 23.6. The summed E-state index contributed by atoms with van der Waals surface area (Å²) in [6.45, 7) is -1.19. The largest absolute Gasteiger partial charge is 0.461 e. The van der Waals surface area contributed by atoms with Gasteiger partial charge in [0.1, 0.15) is 23.1 Å². The van der Waals surface area contributed by atoms with Crippen molar-refractivity contribution in [1.29, 1.82) is 0 Å². The number of aromatic nitrogens is 1. The van der Waals surface area contributed by atoms with Gasteiger partial charge in [-0.3, -0.25) is 14.6 Å². The first-order chi connectivity index (χ1) is 21.1. The molecule has 2 atom stereocenters. The summed E-state index contributed by atoms with van der Waals surface area (Å²) in [6.07, 6.45) is -9.47. The first kappa shape index (κ1) is 33.8. The molecule has 0 unspecified atom stereocenters. The van der Waals surface area contributed by atoms with E-state index in [0.29, 0.717) is 21.6 Å². The molecular formula is C29H26ClF7N4O4. The second kappa shape index (κ2) is 13.1. The van der Waals surface area contributed by atoms with Crippen molar-refractivity contribution in [3.8, 4) is 5.75 Å². The number of hydroxylamine groups is 2. The molecule has 1 fully saturated rings. The first-order valence-corrected chi connectivity index (χ1v) is 13.5. The molecule has 4 rings (SSSR count). The quantitative estimate of drug-likeness (QED) is 0.212. The van der Waals surface area contributed by atoms with E-state index in [-0.39, 0.29) is 22.7 Å². The van der Waals surface area contributed by atoms with Gasteiger partial charge in [0.2, 0.25) is 0 Å². The second-order valence-corrected chi connectivity index (χ2v) is 10.7. The van der Waals surface area contributed by atoms with Gasteiger partial charge in [0, 0.05) is 32.2 Å². The number of benzene rings is 2. The molecule has 1 aromatic heterocycles. The topological polar surface area (TPSA) is 84.0 Å². The van der Waals surface area contributed by atoms with Crippen molar-refractivity contribution < 1.29 is 49.9 Å². The van der Waals surface area contributed by atoms with Gasteiger partial charge in [-0.2, -0.15) is 17.6 Å². The summed E-state index contributed by atoms with van der Waals surface area (Å²) in [5.74, 6) is -6.72. The van der Waals surface area contributed by atoms with Gasteiger partial charge < -0.3 is 15.0 Å². The minimum Gasteiger partial charge on any atom is -0.428 e. The van der Waals surface area contributed by atoms with E-state index in [1.165, 1.54) is 12.1 Å².